The minimum atomic E-state index is -0.290. The van der Waals surface area contributed by atoms with Gasteiger partial charge in [-0.25, -0.2) is 0 Å². The van der Waals surface area contributed by atoms with Gasteiger partial charge in [-0.3, -0.25) is 9.69 Å². The topological polar surface area (TPSA) is 53.0 Å². The van der Waals surface area contributed by atoms with E-state index in [1.807, 2.05) is 29.2 Å². The molecule has 3 rings (SSSR count). The Bertz CT molecular complexity index is 561. The van der Waals surface area contributed by atoms with Gasteiger partial charge in [0.15, 0.2) is 0 Å². The summed E-state index contributed by atoms with van der Waals surface area (Å²) in [5, 5.41) is 10.3. The van der Waals surface area contributed by atoms with E-state index in [1.54, 1.807) is 0 Å². The van der Waals surface area contributed by atoms with Gasteiger partial charge in [0.25, 0.3) is 0 Å². The van der Waals surface area contributed by atoms with Crippen LogP contribution in [-0.4, -0.2) is 65.7 Å². The minimum Gasteiger partial charge on any atom is -0.489 e. The molecule has 1 aromatic carbocycles. The monoisotopic (exact) mass is 352 g/mol. The first-order valence-electron chi connectivity index (χ1n) is 8.71. The van der Waals surface area contributed by atoms with Crippen molar-refractivity contribution in [3.05, 3.63) is 29.3 Å². The lowest BCUT2D eigenvalue weighted by molar-refractivity contribution is -0.134. The second-order valence-corrected chi connectivity index (χ2v) is 7.07. The van der Waals surface area contributed by atoms with Gasteiger partial charge in [-0.1, -0.05) is 23.7 Å². The number of amides is 1. The SMILES string of the molecule is O=C(CN1CCCC(O)C1)N1CCC(Oc2ccccc2Cl)CC1. The van der Waals surface area contributed by atoms with Crippen LogP contribution in [0.4, 0.5) is 0 Å². The molecule has 1 aromatic rings. The predicted octanol–water partition coefficient (Wildman–Crippen LogP) is 2.17. The van der Waals surface area contributed by atoms with E-state index in [9.17, 15) is 9.90 Å². The number of rotatable bonds is 4. The molecular formula is C18H25ClN2O3. The van der Waals surface area contributed by atoms with Crippen LogP contribution in [0.15, 0.2) is 24.3 Å². The largest absolute Gasteiger partial charge is 0.489 e. The molecule has 1 N–H and O–H groups in total. The van der Waals surface area contributed by atoms with E-state index in [4.69, 9.17) is 16.3 Å². The number of aliphatic hydroxyl groups excluding tert-OH is 1. The Morgan fingerprint density at radius 2 is 1.96 bits per heavy atom. The Labute approximate surface area is 148 Å². The lowest BCUT2D eigenvalue weighted by atomic mass is 10.1. The molecule has 1 unspecified atom stereocenters. The van der Waals surface area contributed by atoms with Crippen LogP contribution < -0.4 is 4.74 Å². The maximum absolute atomic E-state index is 12.4. The molecule has 2 saturated heterocycles. The molecule has 132 valence electrons. The Kier molecular flexibility index (Phi) is 5.98. The van der Waals surface area contributed by atoms with Crippen molar-refractivity contribution in [1.29, 1.82) is 0 Å². The standard InChI is InChI=1S/C18H25ClN2O3/c19-16-5-1-2-6-17(16)24-15-7-10-21(11-8-15)18(23)13-20-9-3-4-14(22)12-20/h1-2,5-6,14-15,22H,3-4,7-13H2. The zero-order valence-electron chi connectivity index (χ0n) is 13.9. The highest BCUT2D eigenvalue weighted by molar-refractivity contribution is 6.32. The number of β-amino-alcohol motifs (C(OH)–C–C–N with tert-alkyl or cyclic N) is 1. The number of piperidine rings is 2. The van der Waals surface area contributed by atoms with E-state index in [0.717, 1.165) is 32.2 Å². The molecule has 6 heteroatoms. The number of carbonyl (C=O) groups is 1. The molecule has 2 fully saturated rings. The zero-order chi connectivity index (χ0) is 16.9. The van der Waals surface area contributed by atoms with Gasteiger partial charge in [0.2, 0.25) is 5.91 Å². The quantitative estimate of drug-likeness (QED) is 0.902. The third-order valence-corrected chi connectivity index (χ3v) is 5.08. The van der Waals surface area contributed by atoms with E-state index >= 15 is 0 Å². The Morgan fingerprint density at radius 1 is 1.21 bits per heavy atom. The molecular weight excluding hydrogens is 328 g/mol. The zero-order valence-corrected chi connectivity index (χ0v) is 14.6. The van der Waals surface area contributed by atoms with Crippen LogP contribution >= 0.6 is 11.6 Å². The van der Waals surface area contributed by atoms with Crippen LogP contribution in [0.2, 0.25) is 5.02 Å². The van der Waals surface area contributed by atoms with Crippen LogP contribution in [-0.2, 0) is 4.79 Å². The molecule has 1 amide bonds. The maximum Gasteiger partial charge on any atom is 0.236 e. The summed E-state index contributed by atoms with van der Waals surface area (Å²) in [5.41, 5.74) is 0. The molecule has 24 heavy (non-hydrogen) atoms. The fourth-order valence-electron chi connectivity index (χ4n) is 3.41. The van der Waals surface area contributed by atoms with Crippen molar-refractivity contribution >= 4 is 17.5 Å². The first-order chi connectivity index (χ1) is 11.6. The van der Waals surface area contributed by atoms with Gasteiger partial charge < -0.3 is 14.7 Å². The van der Waals surface area contributed by atoms with Crippen molar-refractivity contribution in [3.63, 3.8) is 0 Å². The van der Waals surface area contributed by atoms with E-state index < -0.39 is 0 Å². The van der Waals surface area contributed by atoms with Gasteiger partial charge in [0, 0.05) is 32.5 Å². The van der Waals surface area contributed by atoms with Crippen molar-refractivity contribution in [2.24, 2.45) is 0 Å². The number of hydrogen-bond donors (Lipinski definition) is 1. The van der Waals surface area contributed by atoms with E-state index in [2.05, 4.69) is 4.90 Å². The average Bonchev–Trinajstić information content (AvgIpc) is 2.57. The summed E-state index contributed by atoms with van der Waals surface area (Å²) in [6.45, 7) is 3.34. The summed E-state index contributed by atoms with van der Waals surface area (Å²) in [5.74, 6) is 0.867. The minimum absolute atomic E-state index is 0.103. The second kappa shape index (κ2) is 8.19. The van der Waals surface area contributed by atoms with Gasteiger partial charge >= 0.3 is 0 Å². The van der Waals surface area contributed by atoms with Crippen LogP contribution in [0.5, 0.6) is 5.75 Å². The van der Waals surface area contributed by atoms with E-state index in [-0.39, 0.29) is 18.1 Å². The number of likely N-dealkylation sites (tertiary alicyclic amines) is 2. The van der Waals surface area contributed by atoms with Gasteiger partial charge in [0.05, 0.1) is 17.7 Å². The van der Waals surface area contributed by atoms with Gasteiger partial charge in [0.1, 0.15) is 11.9 Å². The third kappa shape index (κ3) is 4.62. The molecule has 2 heterocycles. The molecule has 5 nitrogen and oxygen atoms in total. The number of nitrogens with zero attached hydrogens (tertiary/aromatic N) is 2. The average molecular weight is 353 g/mol. The number of carbonyl (C=O) groups excluding carboxylic acids is 1. The van der Waals surface area contributed by atoms with Gasteiger partial charge in [-0.15, -0.1) is 0 Å². The fraction of sp³-hybridized carbons (Fsp3) is 0.611. The predicted molar refractivity (Wildman–Crippen MR) is 93.4 cm³/mol. The summed E-state index contributed by atoms with van der Waals surface area (Å²) < 4.78 is 5.96. The Hall–Kier alpha value is -1.30. The number of aliphatic hydroxyl groups is 1. The first kappa shape index (κ1) is 17.5. The lowest BCUT2D eigenvalue weighted by Gasteiger charge is -2.35. The molecule has 0 saturated carbocycles. The maximum atomic E-state index is 12.4. The van der Waals surface area contributed by atoms with E-state index in [1.165, 1.54) is 0 Å². The van der Waals surface area contributed by atoms with Crippen LogP contribution in [0.25, 0.3) is 0 Å². The molecule has 0 bridgehead atoms. The lowest BCUT2D eigenvalue weighted by Crippen LogP contribution is -2.48. The van der Waals surface area contributed by atoms with Crippen LogP contribution in [0.3, 0.4) is 0 Å². The molecule has 0 radical (unpaired) electrons. The third-order valence-electron chi connectivity index (χ3n) is 4.76. The number of para-hydroxylation sites is 1. The van der Waals surface area contributed by atoms with Crippen LogP contribution in [0, 0.1) is 0 Å². The first-order valence-corrected chi connectivity index (χ1v) is 9.09. The highest BCUT2D eigenvalue weighted by atomic mass is 35.5. The molecule has 0 aliphatic carbocycles. The molecule has 1 atom stereocenters. The van der Waals surface area contributed by atoms with Gasteiger partial charge in [-0.2, -0.15) is 0 Å². The summed E-state index contributed by atoms with van der Waals surface area (Å²) in [4.78, 5) is 16.4. The number of ether oxygens (including phenoxy) is 1. The summed E-state index contributed by atoms with van der Waals surface area (Å²) >= 11 is 6.13. The smallest absolute Gasteiger partial charge is 0.236 e. The molecule has 0 spiro atoms. The van der Waals surface area contributed by atoms with E-state index in [0.29, 0.717) is 37.0 Å². The molecule has 2 aliphatic rings. The van der Waals surface area contributed by atoms with Crippen molar-refractivity contribution < 1.29 is 14.6 Å². The van der Waals surface area contributed by atoms with Gasteiger partial charge in [-0.05, 0) is 31.5 Å². The summed E-state index contributed by atoms with van der Waals surface area (Å²) in [6.07, 6.45) is 3.25. The van der Waals surface area contributed by atoms with Crippen molar-refractivity contribution in [2.45, 2.75) is 37.9 Å². The summed E-state index contributed by atoms with van der Waals surface area (Å²) in [6, 6.07) is 7.49. The highest BCUT2D eigenvalue weighted by Crippen LogP contribution is 2.26. The van der Waals surface area contributed by atoms with Crippen LogP contribution in [0.1, 0.15) is 25.7 Å². The van der Waals surface area contributed by atoms with Crippen molar-refractivity contribution in [3.8, 4) is 5.75 Å². The fourth-order valence-corrected chi connectivity index (χ4v) is 3.59. The molecule has 2 aliphatic heterocycles. The number of hydrogen-bond acceptors (Lipinski definition) is 4. The highest BCUT2D eigenvalue weighted by Gasteiger charge is 2.27. The second-order valence-electron chi connectivity index (χ2n) is 6.66. The number of benzene rings is 1. The Morgan fingerprint density at radius 3 is 2.67 bits per heavy atom. The number of halogens is 1. The van der Waals surface area contributed by atoms with Crippen molar-refractivity contribution in [1.82, 2.24) is 9.80 Å². The Balaban J connectivity index is 1.44. The van der Waals surface area contributed by atoms with Crippen molar-refractivity contribution in [2.75, 3.05) is 32.7 Å². The molecule has 0 aromatic heterocycles. The summed E-state index contributed by atoms with van der Waals surface area (Å²) in [7, 11) is 0. The normalized spacial score (nSPS) is 23.2.